The predicted octanol–water partition coefficient (Wildman–Crippen LogP) is 1.94. The zero-order chi connectivity index (χ0) is 9.84. The van der Waals surface area contributed by atoms with Crippen LogP contribution in [0.15, 0.2) is 18.2 Å². The zero-order valence-electron chi connectivity index (χ0n) is 8.03. The Kier molecular flexibility index (Phi) is 5.69. The van der Waals surface area contributed by atoms with Crippen molar-refractivity contribution in [1.29, 1.82) is 0 Å². The molecule has 1 aromatic rings. The first kappa shape index (κ1) is 13.4. The van der Waals surface area contributed by atoms with E-state index in [9.17, 15) is 4.39 Å². The molecule has 80 valence electrons. The molecule has 0 bridgehead atoms. The van der Waals surface area contributed by atoms with Crippen LogP contribution in [0, 0.1) is 12.7 Å². The fourth-order valence-electron chi connectivity index (χ4n) is 1.31. The third-order valence-corrected chi connectivity index (χ3v) is 2.08. The van der Waals surface area contributed by atoms with Crippen molar-refractivity contribution in [2.45, 2.75) is 19.4 Å². The summed E-state index contributed by atoms with van der Waals surface area (Å²) in [5.74, 6) is -0.283. The summed E-state index contributed by atoms with van der Waals surface area (Å²) in [5, 5.41) is 8.68. The molecule has 0 saturated heterocycles. The predicted molar refractivity (Wildman–Crippen MR) is 57.0 cm³/mol. The zero-order valence-corrected chi connectivity index (χ0v) is 8.85. The number of benzene rings is 1. The van der Waals surface area contributed by atoms with Gasteiger partial charge in [-0.25, -0.2) is 4.39 Å². The molecule has 0 aromatic heterocycles. The van der Waals surface area contributed by atoms with Crippen LogP contribution in [-0.2, 0) is 0 Å². The average Bonchev–Trinajstić information content (AvgIpc) is 2.09. The van der Waals surface area contributed by atoms with Gasteiger partial charge in [-0.1, -0.05) is 6.07 Å². The highest BCUT2D eigenvalue weighted by molar-refractivity contribution is 5.85. The highest BCUT2D eigenvalue weighted by atomic mass is 35.5. The first-order valence-corrected chi connectivity index (χ1v) is 4.27. The maximum Gasteiger partial charge on any atom is 0.123 e. The number of aryl methyl sites for hydroxylation is 1. The minimum absolute atomic E-state index is 0. The van der Waals surface area contributed by atoms with Gasteiger partial charge in [0.2, 0.25) is 0 Å². The van der Waals surface area contributed by atoms with Gasteiger partial charge >= 0.3 is 0 Å². The Hall–Kier alpha value is -0.640. The van der Waals surface area contributed by atoms with Crippen molar-refractivity contribution >= 4 is 12.4 Å². The molecule has 14 heavy (non-hydrogen) atoms. The summed E-state index contributed by atoms with van der Waals surface area (Å²) >= 11 is 0. The molecule has 2 nitrogen and oxygen atoms in total. The van der Waals surface area contributed by atoms with Crippen molar-refractivity contribution in [2.75, 3.05) is 6.61 Å². The number of rotatable bonds is 3. The summed E-state index contributed by atoms with van der Waals surface area (Å²) in [6.45, 7) is 1.91. The second-order valence-corrected chi connectivity index (χ2v) is 3.12. The van der Waals surface area contributed by atoms with Crippen molar-refractivity contribution in [3.05, 3.63) is 35.1 Å². The van der Waals surface area contributed by atoms with Crippen molar-refractivity contribution in [3.63, 3.8) is 0 Å². The van der Waals surface area contributed by atoms with Crippen molar-refractivity contribution < 1.29 is 9.50 Å². The Morgan fingerprint density at radius 2 is 2.14 bits per heavy atom. The number of nitrogens with two attached hydrogens (primary N) is 1. The van der Waals surface area contributed by atoms with E-state index in [0.29, 0.717) is 6.42 Å². The summed E-state index contributed by atoms with van der Waals surface area (Å²) in [5.41, 5.74) is 7.48. The van der Waals surface area contributed by atoms with Crippen molar-refractivity contribution in [2.24, 2.45) is 5.73 Å². The third kappa shape index (κ3) is 3.25. The van der Waals surface area contributed by atoms with Gasteiger partial charge in [0, 0.05) is 12.6 Å². The van der Waals surface area contributed by atoms with E-state index < -0.39 is 0 Å². The minimum Gasteiger partial charge on any atom is -0.396 e. The quantitative estimate of drug-likeness (QED) is 0.816. The molecule has 0 unspecified atom stereocenters. The smallest absolute Gasteiger partial charge is 0.123 e. The summed E-state index contributed by atoms with van der Waals surface area (Å²) < 4.78 is 12.8. The minimum atomic E-state index is -0.283. The van der Waals surface area contributed by atoms with E-state index in [0.717, 1.165) is 11.1 Å². The van der Waals surface area contributed by atoms with E-state index in [4.69, 9.17) is 10.8 Å². The Morgan fingerprint density at radius 1 is 1.50 bits per heavy atom. The lowest BCUT2D eigenvalue weighted by molar-refractivity contribution is 0.276. The number of hydrogen-bond donors (Lipinski definition) is 2. The molecule has 0 fully saturated rings. The molecule has 0 saturated carbocycles. The highest BCUT2D eigenvalue weighted by Crippen LogP contribution is 2.19. The standard InChI is InChI=1S/C10H14FNO.ClH/c1-7-2-3-8(11)6-9(7)10(12)4-5-13;/h2-3,6,10,13H,4-5,12H2,1H3;1H/t10-;/m1./s1. The third-order valence-electron chi connectivity index (χ3n) is 2.08. The Balaban J connectivity index is 0.00000169. The van der Waals surface area contributed by atoms with Crippen LogP contribution in [-0.4, -0.2) is 11.7 Å². The second-order valence-electron chi connectivity index (χ2n) is 3.12. The van der Waals surface area contributed by atoms with E-state index in [1.807, 2.05) is 6.92 Å². The van der Waals surface area contributed by atoms with Gasteiger partial charge in [-0.3, -0.25) is 0 Å². The van der Waals surface area contributed by atoms with E-state index in [-0.39, 0.29) is 30.9 Å². The fourth-order valence-corrected chi connectivity index (χ4v) is 1.31. The van der Waals surface area contributed by atoms with Crippen LogP contribution in [0.2, 0.25) is 0 Å². The molecule has 0 radical (unpaired) electrons. The van der Waals surface area contributed by atoms with Gasteiger partial charge in [0.15, 0.2) is 0 Å². The lowest BCUT2D eigenvalue weighted by atomic mass is 10.00. The number of hydrogen-bond acceptors (Lipinski definition) is 2. The Bertz CT molecular complexity index is 293. The first-order chi connectivity index (χ1) is 6.15. The Morgan fingerprint density at radius 3 is 2.71 bits per heavy atom. The number of aliphatic hydroxyl groups is 1. The lowest BCUT2D eigenvalue weighted by Crippen LogP contribution is -2.13. The van der Waals surface area contributed by atoms with Gasteiger partial charge < -0.3 is 10.8 Å². The van der Waals surface area contributed by atoms with Crippen LogP contribution < -0.4 is 5.73 Å². The van der Waals surface area contributed by atoms with Gasteiger partial charge in [0.1, 0.15) is 5.82 Å². The molecule has 1 aromatic carbocycles. The molecule has 0 aliphatic rings. The Labute approximate surface area is 89.3 Å². The van der Waals surface area contributed by atoms with E-state index >= 15 is 0 Å². The maximum atomic E-state index is 12.8. The summed E-state index contributed by atoms with van der Waals surface area (Å²) in [6.07, 6.45) is 0.463. The fraction of sp³-hybridized carbons (Fsp3) is 0.400. The SMILES string of the molecule is Cc1ccc(F)cc1[C@H](N)CCO.Cl. The van der Waals surface area contributed by atoms with Gasteiger partial charge in [-0.2, -0.15) is 0 Å². The van der Waals surface area contributed by atoms with Crippen LogP contribution in [0.5, 0.6) is 0 Å². The topological polar surface area (TPSA) is 46.2 Å². The van der Waals surface area contributed by atoms with E-state index in [1.165, 1.54) is 12.1 Å². The van der Waals surface area contributed by atoms with Crippen molar-refractivity contribution in [1.82, 2.24) is 0 Å². The van der Waals surface area contributed by atoms with E-state index in [2.05, 4.69) is 0 Å². The molecular weight excluding hydrogens is 205 g/mol. The largest absolute Gasteiger partial charge is 0.396 e. The molecule has 0 aliphatic carbocycles. The van der Waals surface area contributed by atoms with Gasteiger partial charge in [-0.05, 0) is 36.6 Å². The lowest BCUT2D eigenvalue weighted by Gasteiger charge is -2.13. The van der Waals surface area contributed by atoms with Crippen LogP contribution in [0.3, 0.4) is 0 Å². The average molecular weight is 220 g/mol. The van der Waals surface area contributed by atoms with Gasteiger partial charge in [-0.15, -0.1) is 12.4 Å². The first-order valence-electron chi connectivity index (χ1n) is 4.27. The van der Waals surface area contributed by atoms with Crippen LogP contribution in [0.25, 0.3) is 0 Å². The van der Waals surface area contributed by atoms with E-state index in [1.54, 1.807) is 6.07 Å². The second kappa shape index (κ2) is 5.96. The molecule has 0 amide bonds. The van der Waals surface area contributed by atoms with Gasteiger partial charge in [0.05, 0.1) is 0 Å². The van der Waals surface area contributed by atoms with Crippen LogP contribution in [0.4, 0.5) is 4.39 Å². The summed E-state index contributed by atoms with van der Waals surface area (Å²) in [4.78, 5) is 0. The molecule has 4 heteroatoms. The monoisotopic (exact) mass is 219 g/mol. The van der Waals surface area contributed by atoms with Crippen LogP contribution in [0.1, 0.15) is 23.6 Å². The maximum absolute atomic E-state index is 12.8. The normalized spacial score (nSPS) is 12.0. The molecule has 1 rings (SSSR count). The number of aliphatic hydroxyl groups excluding tert-OH is 1. The molecular formula is C10H15ClFNO. The highest BCUT2D eigenvalue weighted by Gasteiger charge is 2.08. The molecule has 0 heterocycles. The number of halogens is 2. The summed E-state index contributed by atoms with van der Waals surface area (Å²) in [6, 6.07) is 4.25. The molecule has 0 spiro atoms. The van der Waals surface area contributed by atoms with Gasteiger partial charge in [0.25, 0.3) is 0 Å². The molecule has 0 aliphatic heterocycles. The summed E-state index contributed by atoms with van der Waals surface area (Å²) in [7, 11) is 0. The molecule has 3 N–H and O–H groups in total. The van der Waals surface area contributed by atoms with Crippen LogP contribution >= 0.6 is 12.4 Å². The van der Waals surface area contributed by atoms with Crippen molar-refractivity contribution in [3.8, 4) is 0 Å². The molecule has 1 atom stereocenters.